The summed E-state index contributed by atoms with van der Waals surface area (Å²) in [7, 11) is 0. The van der Waals surface area contributed by atoms with Crippen molar-refractivity contribution in [2.45, 2.75) is 39.0 Å². The second kappa shape index (κ2) is 8.46. The summed E-state index contributed by atoms with van der Waals surface area (Å²) in [5.41, 5.74) is 1.44. The van der Waals surface area contributed by atoms with Crippen molar-refractivity contribution in [3.8, 4) is 0 Å². The summed E-state index contributed by atoms with van der Waals surface area (Å²) in [5, 5.41) is 2.64. The van der Waals surface area contributed by atoms with Crippen molar-refractivity contribution in [3.05, 3.63) is 35.4 Å². The van der Waals surface area contributed by atoms with E-state index >= 15 is 0 Å². The average Bonchev–Trinajstić information content (AvgIpc) is 2.76. The van der Waals surface area contributed by atoms with Crippen LogP contribution < -0.4 is 5.32 Å². The Kier molecular flexibility index (Phi) is 6.32. The summed E-state index contributed by atoms with van der Waals surface area (Å²) in [6.07, 6.45) is 4.40. The Balaban J connectivity index is 1.73. The molecule has 0 saturated carbocycles. The first kappa shape index (κ1) is 17.2. The van der Waals surface area contributed by atoms with Crippen molar-refractivity contribution in [2.24, 2.45) is 0 Å². The number of nitrogens with zero attached hydrogens (tertiary/aromatic N) is 1. The zero-order valence-electron chi connectivity index (χ0n) is 13.6. The molecule has 5 heteroatoms. The molecule has 5 nitrogen and oxygen atoms in total. The van der Waals surface area contributed by atoms with Crippen LogP contribution in [0.15, 0.2) is 24.3 Å². The lowest BCUT2D eigenvalue weighted by atomic mass is 10.1. The number of benzene rings is 1. The van der Waals surface area contributed by atoms with Gasteiger partial charge in [-0.1, -0.05) is 36.2 Å². The smallest absolute Gasteiger partial charge is 0.292 e. The molecule has 0 spiro atoms. The number of aryl methyl sites for hydroxylation is 1. The molecule has 23 heavy (non-hydrogen) atoms. The number of carbonyl (C=O) groups is 3. The van der Waals surface area contributed by atoms with E-state index in [-0.39, 0.29) is 5.91 Å². The maximum Gasteiger partial charge on any atom is 0.292 e. The van der Waals surface area contributed by atoms with Crippen molar-refractivity contribution >= 4 is 17.6 Å². The summed E-state index contributed by atoms with van der Waals surface area (Å²) in [5.74, 6) is -0.906. The number of nitrogens with one attached hydrogen (secondary N) is 1. The monoisotopic (exact) mass is 316 g/mol. The van der Waals surface area contributed by atoms with Crippen LogP contribution in [0.4, 0.5) is 0 Å². The number of rotatable bonds is 6. The molecule has 1 aromatic carbocycles. The highest BCUT2D eigenvalue weighted by Gasteiger charge is 2.17. The van der Waals surface area contributed by atoms with Crippen LogP contribution in [0.2, 0.25) is 0 Å². The molecule has 1 heterocycles. The standard InChI is InChI=1S/C18H24N2O3/c1-14-7-9-15(10-8-14)17(22)18(23)19-11-5-13-20-12-4-2-3-6-16(20)21/h7-10H,2-6,11-13H2,1H3,(H,19,23). The zero-order chi connectivity index (χ0) is 16.7. The minimum absolute atomic E-state index is 0.199. The van der Waals surface area contributed by atoms with Crippen LogP contribution in [-0.4, -0.2) is 42.1 Å². The molecule has 0 bridgehead atoms. The second-order valence-corrected chi connectivity index (χ2v) is 6.00. The lowest BCUT2D eigenvalue weighted by molar-refractivity contribution is -0.130. The van der Waals surface area contributed by atoms with Gasteiger partial charge in [-0.25, -0.2) is 0 Å². The summed E-state index contributed by atoms with van der Waals surface area (Å²) in [6.45, 7) is 3.77. The quantitative estimate of drug-likeness (QED) is 0.496. The van der Waals surface area contributed by atoms with Gasteiger partial charge in [0.2, 0.25) is 11.7 Å². The predicted octanol–water partition coefficient (Wildman–Crippen LogP) is 2.09. The van der Waals surface area contributed by atoms with Gasteiger partial charge in [0.15, 0.2) is 0 Å². The number of likely N-dealkylation sites (tertiary alicyclic amines) is 1. The summed E-state index contributed by atoms with van der Waals surface area (Å²) in [4.78, 5) is 37.5. The molecule has 2 rings (SSSR count). The van der Waals surface area contributed by atoms with Crippen LogP contribution in [0.25, 0.3) is 0 Å². The minimum atomic E-state index is -0.587. The topological polar surface area (TPSA) is 66.5 Å². The molecular weight excluding hydrogens is 292 g/mol. The van der Waals surface area contributed by atoms with Crippen molar-refractivity contribution in [2.75, 3.05) is 19.6 Å². The fraction of sp³-hybridized carbons (Fsp3) is 0.500. The van der Waals surface area contributed by atoms with E-state index in [1.54, 1.807) is 12.1 Å². The van der Waals surface area contributed by atoms with Gasteiger partial charge in [0.1, 0.15) is 0 Å². The summed E-state index contributed by atoms with van der Waals surface area (Å²) in [6, 6.07) is 6.94. The van der Waals surface area contributed by atoms with E-state index in [4.69, 9.17) is 0 Å². The van der Waals surface area contributed by atoms with Crippen molar-refractivity contribution in [1.29, 1.82) is 0 Å². The number of Topliss-reactive ketones (excluding diaryl/α,β-unsaturated/α-hetero) is 1. The predicted molar refractivity (Wildman–Crippen MR) is 88.2 cm³/mol. The van der Waals surface area contributed by atoms with E-state index in [0.29, 0.717) is 31.5 Å². The fourth-order valence-corrected chi connectivity index (χ4v) is 2.66. The number of amides is 2. The lowest BCUT2D eigenvalue weighted by Crippen LogP contribution is -2.36. The van der Waals surface area contributed by atoms with Crippen LogP contribution in [0, 0.1) is 6.92 Å². The molecule has 2 amide bonds. The molecule has 0 atom stereocenters. The summed E-state index contributed by atoms with van der Waals surface area (Å²) >= 11 is 0. The minimum Gasteiger partial charge on any atom is -0.349 e. The van der Waals surface area contributed by atoms with Gasteiger partial charge in [-0.2, -0.15) is 0 Å². The van der Waals surface area contributed by atoms with Gasteiger partial charge in [-0.05, 0) is 26.2 Å². The van der Waals surface area contributed by atoms with Gasteiger partial charge in [-0.3, -0.25) is 14.4 Å². The molecule has 1 aliphatic heterocycles. The highest BCUT2D eigenvalue weighted by Crippen LogP contribution is 2.11. The Morgan fingerprint density at radius 3 is 2.61 bits per heavy atom. The molecule has 0 unspecified atom stereocenters. The van der Waals surface area contributed by atoms with Gasteiger partial charge >= 0.3 is 0 Å². The molecule has 1 aromatic rings. The van der Waals surface area contributed by atoms with Crippen LogP contribution in [0.1, 0.15) is 48.0 Å². The maximum absolute atomic E-state index is 12.0. The Labute approximate surface area is 137 Å². The Hall–Kier alpha value is -2.17. The molecule has 1 saturated heterocycles. The normalized spacial score (nSPS) is 15.2. The molecular formula is C18H24N2O3. The van der Waals surface area contributed by atoms with Crippen LogP contribution in [-0.2, 0) is 9.59 Å². The Bertz CT molecular complexity index is 566. The van der Waals surface area contributed by atoms with E-state index < -0.39 is 11.7 Å². The number of ketones is 1. The van der Waals surface area contributed by atoms with Gasteiger partial charge in [-0.15, -0.1) is 0 Å². The third-order valence-electron chi connectivity index (χ3n) is 4.08. The molecule has 0 aliphatic carbocycles. The molecule has 0 radical (unpaired) electrons. The van der Waals surface area contributed by atoms with Gasteiger partial charge in [0.05, 0.1) is 0 Å². The highest BCUT2D eigenvalue weighted by molar-refractivity contribution is 6.42. The van der Waals surface area contributed by atoms with Gasteiger partial charge < -0.3 is 10.2 Å². The van der Waals surface area contributed by atoms with Crippen LogP contribution in [0.5, 0.6) is 0 Å². The van der Waals surface area contributed by atoms with Crippen LogP contribution >= 0.6 is 0 Å². The van der Waals surface area contributed by atoms with Gasteiger partial charge in [0.25, 0.3) is 5.91 Å². The van der Waals surface area contributed by atoms with Crippen molar-refractivity contribution in [1.82, 2.24) is 10.2 Å². The lowest BCUT2D eigenvalue weighted by Gasteiger charge is -2.20. The fourth-order valence-electron chi connectivity index (χ4n) is 2.66. The van der Waals surface area contributed by atoms with E-state index in [0.717, 1.165) is 31.4 Å². The molecule has 124 valence electrons. The second-order valence-electron chi connectivity index (χ2n) is 6.00. The average molecular weight is 316 g/mol. The first-order chi connectivity index (χ1) is 11.1. The van der Waals surface area contributed by atoms with E-state index in [1.165, 1.54) is 0 Å². The third kappa shape index (κ3) is 5.20. The Morgan fingerprint density at radius 2 is 1.87 bits per heavy atom. The largest absolute Gasteiger partial charge is 0.349 e. The zero-order valence-corrected chi connectivity index (χ0v) is 13.6. The molecule has 1 aliphatic rings. The number of hydrogen-bond donors (Lipinski definition) is 1. The Morgan fingerprint density at radius 1 is 1.13 bits per heavy atom. The third-order valence-corrected chi connectivity index (χ3v) is 4.08. The SMILES string of the molecule is Cc1ccc(C(=O)C(=O)NCCCN2CCCCCC2=O)cc1. The highest BCUT2D eigenvalue weighted by atomic mass is 16.2. The molecule has 1 fully saturated rings. The van der Waals surface area contributed by atoms with E-state index in [1.807, 2.05) is 24.0 Å². The first-order valence-electron chi connectivity index (χ1n) is 8.25. The van der Waals surface area contributed by atoms with E-state index in [2.05, 4.69) is 5.32 Å². The van der Waals surface area contributed by atoms with Crippen LogP contribution in [0.3, 0.4) is 0 Å². The number of carbonyl (C=O) groups excluding carboxylic acids is 3. The van der Waals surface area contributed by atoms with Crippen molar-refractivity contribution in [3.63, 3.8) is 0 Å². The maximum atomic E-state index is 12.0. The van der Waals surface area contributed by atoms with E-state index in [9.17, 15) is 14.4 Å². The number of hydrogen-bond acceptors (Lipinski definition) is 3. The van der Waals surface area contributed by atoms with Gasteiger partial charge in [0, 0.05) is 31.6 Å². The molecule has 1 N–H and O–H groups in total. The van der Waals surface area contributed by atoms with Crippen molar-refractivity contribution < 1.29 is 14.4 Å². The summed E-state index contributed by atoms with van der Waals surface area (Å²) < 4.78 is 0. The molecule has 0 aromatic heterocycles. The first-order valence-corrected chi connectivity index (χ1v) is 8.25.